The fraction of sp³-hybridized carbons (Fsp3) is 0.588. The van der Waals surface area contributed by atoms with Gasteiger partial charge in [0.15, 0.2) is 0 Å². The highest BCUT2D eigenvalue weighted by molar-refractivity contribution is 6.17. The van der Waals surface area contributed by atoms with Crippen molar-refractivity contribution in [1.82, 2.24) is 5.32 Å². The number of hydrogen-bond acceptors (Lipinski definition) is 1. The van der Waals surface area contributed by atoms with E-state index in [-0.39, 0.29) is 5.91 Å². The molecule has 0 unspecified atom stereocenters. The van der Waals surface area contributed by atoms with Crippen LogP contribution in [0.5, 0.6) is 0 Å². The molecule has 0 radical (unpaired) electrons. The maximum atomic E-state index is 12.1. The average molecular weight is 294 g/mol. The topological polar surface area (TPSA) is 29.1 Å². The molecule has 0 spiro atoms. The lowest BCUT2D eigenvalue weighted by Crippen LogP contribution is -2.27. The average Bonchev–Trinajstić information content (AvgIpc) is 2.49. The molecule has 1 amide bonds. The maximum absolute atomic E-state index is 12.1. The van der Waals surface area contributed by atoms with Crippen molar-refractivity contribution in [3.8, 4) is 0 Å². The second-order valence-corrected chi connectivity index (χ2v) is 6.27. The molecule has 1 aliphatic rings. The zero-order valence-electron chi connectivity index (χ0n) is 12.2. The number of benzene rings is 1. The summed E-state index contributed by atoms with van der Waals surface area (Å²) >= 11 is 5.79. The van der Waals surface area contributed by atoms with Gasteiger partial charge in [-0.1, -0.05) is 44.7 Å². The van der Waals surface area contributed by atoms with Crippen LogP contribution >= 0.6 is 11.6 Å². The molecule has 110 valence electrons. The number of hydrogen-bond donors (Lipinski definition) is 1. The van der Waals surface area contributed by atoms with Gasteiger partial charge >= 0.3 is 0 Å². The highest BCUT2D eigenvalue weighted by Gasteiger charge is 2.18. The van der Waals surface area contributed by atoms with Crippen LogP contribution in [-0.4, -0.2) is 12.5 Å². The third-order valence-electron chi connectivity index (χ3n) is 4.32. The normalized spacial score (nSPS) is 22.5. The van der Waals surface area contributed by atoms with Gasteiger partial charge in [0.05, 0.1) is 0 Å². The molecule has 0 bridgehead atoms. The summed E-state index contributed by atoms with van der Waals surface area (Å²) in [6.07, 6.45) is 6.43. The first-order valence-electron chi connectivity index (χ1n) is 7.62. The molecule has 1 saturated carbocycles. The minimum absolute atomic E-state index is 0.0149. The molecule has 2 rings (SSSR count). The van der Waals surface area contributed by atoms with Crippen molar-refractivity contribution in [1.29, 1.82) is 0 Å². The van der Waals surface area contributed by atoms with Gasteiger partial charge in [-0.3, -0.25) is 4.79 Å². The number of carbonyl (C=O) groups is 1. The van der Waals surface area contributed by atoms with Gasteiger partial charge in [-0.25, -0.2) is 0 Å². The Balaban J connectivity index is 1.74. The first-order valence-corrected chi connectivity index (χ1v) is 8.15. The van der Waals surface area contributed by atoms with E-state index in [1.807, 2.05) is 24.3 Å². The minimum atomic E-state index is 0.0149. The number of amides is 1. The van der Waals surface area contributed by atoms with Crippen molar-refractivity contribution in [3.05, 3.63) is 35.4 Å². The molecular weight excluding hydrogens is 270 g/mol. The summed E-state index contributed by atoms with van der Waals surface area (Å²) in [5.41, 5.74) is 1.70. The molecule has 0 atom stereocenters. The van der Waals surface area contributed by atoms with Gasteiger partial charge in [0.25, 0.3) is 5.91 Å². The van der Waals surface area contributed by atoms with Crippen LogP contribution in [0.2, 0.25) is 0 Å². The molecule has 3 heteroatoms. The molecule has 1 aromatic carbocycles. The van der Waals surface area contributed by atoms with Gasteiger partial charge in [-0.05, 0) is 36.0 Å². The van der Waals surface area contributed by atoms with Crippen molar-refractivity contribution < 1.29 is 4.79 Å². The molecule has 2 nitrogen and oxygen atoms in total. The number of halogens is 1. The first kappa shape index (κ1) is 15.4. The van der Waals surface area contributed by atoms with Crippen molar-refractivity contribution in [2.45, 2.75) is 44.9 Å². The molecule has 1 aromatic rings. The largest absolute Gasteiger partial charge is 0.352 e. The van der Waals surface area contributed by atoms with Crippen LogP contribution < -0.4 is 5.32 Å². The molecule has 0 aromatic heterocycles. The molecule has 0 aliphatic heterocycles. The maximum Gasteiger partial charge on any atom is 0.251 e. The van der Waals surface area contributed by atoms with E-state index in [9.17, 15) is 4.79 Å². The minimum Gasteiger partial charge on any atom is -0.352 e. The van der Waals surface area contributed by atoms with Crippen LogP contribution in [0, 0.1) is 11.8 Å². The van der Waals surface area contributed by atoms with Crippen LogP contribution in [-0.2, 0) is 5.88 Å². The van der Waals surface area contributed by atoms with Gasteiger partial charge in [-0.2, -0.15) is 0 Å². The van der Waals surface area contributed by atoms with E-state index < -0.39 is 0 Å². The summed E-state index contributed by atoms with van der Waals surface area (Å²) in [5, 5.41) is 3.03. The molecule has 0 saturated heterocycles. The second-order valence-electron chi connectivity index (χ2n) is 6.00. The lowest BCUT2D eigenvalue weighted by molar-refractivity contribution is 0.0949. The number of rotatable bonds is 5. The predicted molar refractivity (Wildman–Crippen MR) is 84.1 cm³/mol. The Morgan fingerprint density at radius 3 is 2.75 bits per heavy atom. The summed E-state index contributed by atoms with van der Waals surface area (Å²) in [6.45, 7) is 3.12. The lowest BCUT2D eigenvalue weighted by Gasteiger charge is -2.26. The predicted octanol–water partition coefficient (Wildman–Crippen LogP) is 4.37. The lowest BCUT2D eigenvalue weighted by atomic mass is 9.81. The summed E-state index contributed by atoms with van der Waals surface area (Å²) in [4.78, 5) is 12.1. The van der Waals surface area contributed by atoms with Gasteiger partial charge in [0.2, 0.25) is 0 Å². The Bertz CT molecular complexity index is 438. The van der Waals surface area contributed by atoms with Crippen molar-refractivity contribution in [2.24, 2.45) is 11.8 Å². The zero-order valence-corrected chi connectivity index (χ0v) is 13.0. The van der Waals surface area contributed by atoms with Crippen LogP contribution in [0.25, 0.3) is 0 Å². The Morgan fingerprint density at radius 2 is 2.05 bits per heavy atom. The van der Waals surface area contributed by atoms with E-state index >= 15 is 0 Å². The molecular formula is C17H24ClNO. The second kappa shape index (κ2) is 7.68. The third-order valence-corrected chi connectivity index (χ3v) is 4.63. The Hall–Kier alpha value is -1.02. The van der Waals surface area contributed by atoms with Crippen molar-refractivity contribution in [3.63, 3.8) is 0 Å². The van der Waals surface area contributed by atoms with E-state index in [0.717, 1.165) is 30.4 Å². The summed E-state index contributed by atoms with van der Waals surface area (Å²) in [7, 11) is 0. The van der Waals surface area contributed by atoms with Crippen molar-refractivity contribution in [2.75, 3.05) is 6.54 Å². The summed E-state index contributed by atoms with van der Waals surface area (Å²) in [6, 6.07) is 7.53. The van der Waals surface area contributed by atoms with Crippen LogP contribution in [0.3, 0.4) is 0 Å². The van der Waals surface area contributed by atoms with E-state index in [1.165, 1.54) is 25.7 Å². The van der Waals surface area contributed by atoms with Crippen LogP contribution in [0.4, 0.5) is 0 Å². The van der Waals surface area contributed by atoms with Crippen LogP contribution in [0.15, 0.2) is 24.3 Å². The van der Waals surface area contributed by atoms with Gasteiger partial charge in [0.1, 0.15) is 0 Å². The number of alkyl halides is 1. The fourth-order valence-electron chi connectivity index (χ4n) is 2.91. The fourth-order valence-corrected chi connectivity index (χ4v) is 3.07. The zero-order chi connectivity index (χ0) is 14.4. The standard InChI is InChI=1S/C17H24ClNO/c1-13-5-7-14(8-6-13)9-10-19-17(20)16-4-2-3-15(11-16)12-18/h2-4,11,13-14H,5-10,12H2,1H3,(H,19,20). The summed E-state index contributed by atoms with van der Waals surface area (Å²) < 4.78 is 0. The van der Waals surface area contributed by atoms with E-state index in [0.29, 0.717) is 11.4 Å². The SMILES string of the molecule is CC1CCC(CCNC(=O)c2cccc(CCl)c2)CC1. The Kier molecular flexibility index (Phi) is 5.90. The van der Waals surface area contributed by atoms with Gasteiger partial charge in [0, 0.05) is 18.0 Å². The Morgan fingerprint density at radius 1 is 1.30 bits per heavy atom. The van der Waals surface area contributed by atoms with E-state index in [1.54, 1.807) is 0 Å². The van der Waals surface area contributed by atoms with Crippen LogP contribution in [0.1, 0.15) is 54.9 Å². The van der Waals surface area contributed by atoms with Gasteiger partial charge < -0.3 is 5.32 Å². The van der Waals surface area contributed by atoms with Gasteiger partial charge in [-0.15, -0.1) is 11.6 Å². The number of nitrogens with one attached hydrogen (secondary N) is 1. The molecule has 20 heavy (non-hydrogen) atoms. The highest BCUT2D eigenvalue weighted by Crippen LogP contribution is 2.29. The highest BCUT2D eigenvalue weighted by atomic mass is 35.5. The summed E-state index contributed by atoms with van der Waals surface area (Å²) in [5.74, 6) is 2.14. The van der Waals surface area contributed by atoms with E-state index in [4.69, 9.17) is 11.6 Å². The first-order chi connectivity index (χ1) is 9.69. The monoisotopic (exact) mass is 293 g/mol. The van der Waals surface area contributed by atoms with E-state index in [2.05, 4.69) is 12.2 Å². The smallest absolute Gasteiger partial charge is 0.251 e. The molecule has 1 fully saturated rings. The third kappa shape index (κ3) is 4.52. The molecule has 1 N–H and O–H groups in total. The number of carbonyl (C=O) groups excluding carboxylic acids is 1. The molecule has 0 heterocycles. The van der Waals surface area contributed by atoms with Crippen molar-refractivity contribution >= 4 is 17.5 Å². The Labute approximate surface area is 126 Å². The molecule has 1 aliphatic carbocycles. The quantitative estimate of drug-likeness (QED) is 0.802.